The normalized spacial score (nSPS) is 35.6. The van der Waals surface area contributed by atoms with Crippen molar-refractivity contribution >= 4 is 11.9 Å². The van der Waals surface area contributed by atoms with Crippen LogP contribution in [0.25, 0.3) is 0 Å². The van der Waals surface area contributed by atoms with E-state index in [4.69, 9.17) is 24.1 Å². The Morgan fingerprint density at radius 3 is 2.30 bits per heavy atom. The molecular weight excluding hydrogens is 424 g/mol. The number of carboxylic acids is 1. The predicted molar refractivity (Wildman–Crippen MR) is 124 cm³/mol. The number of esters is 1. The number of carboxylic acid groups (broad SMARTS) is 1. The van der Waals surface area contributed by atoms with E-state index in [9.17, 15) is 9.59 Å². The number of rotatable bonds is 10. The van der Waals surface area contributed by atoms with Gasteiger partial charge in [-0.1, -0.05) is 48.1 Å². The van der Waals surface area contributed by atoms with Crippen LogP contribution in [0.3, 0.4) is 0 Å². The first-order valence-corrected chi connectivity index (χ1v) is 11.3. The van der Waals surface area contributed by atoms with Crippen LogP contribution in [-0.4, -0.2) is 60.3 Å². The van der Waals surface area contributed by atoms with E-state index in [2.05, 4.69) is 26.8 Å². The average molecular weight is 459 g/mol. The molecule has 0 radical (unpaired) electrons. The number of ether oxygens (including phenoxy) is 4. The molecule has 2 aliphatic heterocycles. The zero-order valence-electron chi connectivity index (χ0n) is 19.7. The van der Waals surface area contributed by atoms with E-state index < -0.39 is 11.9 Å². The molecule has 1 saturated carbocycles. The Bertz CT molecular complexity index is 873. The van der Waals surface area contributed by atoms with E-state index in [1.54, 1.807) is 37.5 Å². The van der Waals surface area contributed by atoms with Crippen molar-refractivity contribution in [3.63, 3.8) is 0 Å². The second-order valence-electron chi connectivity index (χ2n) is 9.18. The Labute approximate surface area is 195 Å². The Morgan fingerprint density at radius 2 is 1.73 bits per heavy atom. The summed E-state index contributed by atoms with van der Waals surface area (Å²) in [6, 6.07) is 0. The molecule has 180 valence electrons. The number of carbonyl (C=O) groups excluding carboxylic acids is 1. The highest BCUT2D eigenvalue weighted by atomic mass is 16.6. The predicted octanol–water partition coefficient (Wildman–Crippen LogP) is 3.92. The van der Waals surface area contributed by atoms with Crippen molar-refractivity contribution in [2.45, 2.75) is 69.5 Å². The van der Waals surface area contributed by atoms with Crippen LogP contribution in [0.5, 0.6) is 0 Å². The molecule has 0 bridgehead atoms. The van der Waals surface area contributed by atoms with Gasteiger partial charge in [-0.3, -0.25) is 0 Å². The van der Waals surface area contributed by atoms with Crippen molar-refractivity contribution in [2.75, 3.05) is 13.7 Å². The molecule has 3 rings (SSSR count). The highest BCUT2D eigenvalue weighted by Crippen LogP contribution is 2.59. The maximum Gasteiger partial charge on any atom is 0.331 e. The molecule has 7 nitrogen and oxygen atoms in total. The summed E-state index contributed by atoms with van der Waals surface area (Å²) in [4.78, 5) is 22.8. The maximum atomic E-state index is 12.4. The smallest absolute Gasteiger partial charge is 0.331 e. The Morgan fingerprint density at radius 1 is 1.09 bits per heavy atom. The summed E-state index contributed by atoms with van der Waals surface area (Å²) in [7, 11) is 1.65. The standard InChI is InChI=1S/C26H34O7/c1-18(2)13-14-20-25(3,33-20)24-23(30-4)19(15-16-26(24)17-31-26)32-22(29)12-10-8-6-5-7-9-11-21(27)28/h5-13,19-20,23-24H,14-17H2,1-4H3,(H,27,28)/b7-5+,8-6+,11-9+,12-10+/t19-,20+,23-,24-,25-,26+/m1/s1. The molecule has 1 spiro atoms. The molecule has 3 fully saturated rings. The molecule has 0 unspecified atom stereocenters. The van der Waals surface area contributed by atoms with Crippen LogP contribution >= 0.6 is 0 Å². The van der Waals surface area contributed by atoms with Crippen LogP contribution in [0, 0.1) is 5.92 Å². The van der Waals surface area contributed by atoms with Gasteiger partial charge < -0.3 is 24.1 Å². The van der Waals surface area contributed by atoms with Gasteiger partial charge in [-0.2, -0.15) is 0 Å². The highest BCUT2D eigenvalue weighted by molar-refractivity contribution is 5.82. The summed E-state index contributed by atoms with van der Waals surface area (Å²) in [6.45, 7) is 6.96. The van der Waals surface area contributed by atoms with Gasteiger partial charge in [-0.15, -0.1) is 0 Å². The second-order valence-corrected chi connectivity index (χ2v) is 9.18. The Kier molecular flexibility index (Phi) is 8.10. The summed E-state index contributed by atoms with van der Waals surface area (Å²) < 4.78 is 23.8. The van der Waals surface area contributed by atoms with Crippen LogP contribution < -0.4 is 0 Å². The minimum Gasteiger partial charge on any atom is -0.478 e. The highest BCUT2D eigenvalue weighted by Gasteiger charge is 2.72. The summed E-state index contributed by atoms with van der Waals surface area (Å²) >= 11 is 0. The average Bonchev–Trinajstić information content (AvgIpc) is 3.67. The fourth-order valence-corrected chi connectivity index (χ4v) is 4.79. The minimum absolute atomic E-state index is 0.00928. The van der Waals surface area contributed by atoms with Crippen molar-refractivity contribution in [1.29, 1.82) is 0 Å². The third-order valence-electron chi connectivity index (χ3n) is 6.53. The largest absolute Gasteiger partial charge is 0.478 e. The first-order valence-electron chi connectivity index (χ1n) is 11.3. The number of hydrogen-bond acceptors (Lipinski definition) is 6. The Balaban J connectivity index is 1.59. The van der Waals surface area contributed by atoms with E-state index in [0.29, 0.717) is 13.0 Å². The monoisotopic (exact) mass is 458 g/mol. The lowest BCUT2D eigenvalue weighted by Crippen LogP contribution is -2.55. The van der Waals surface area contributed by atoms with Crippen molar-refractivity contribution in [3.8, 4) is 0 Å². The fraction of sp³-hybridized carbons (Fsp3) is 0.538. The molecule has 2 heterocycles. The van der Waals surface area contributed by atoms with E-state index in [1.807, 2.05) is 0 Å². The van der Waals surface area contributed by atoms with Gasteiger partial charge in [0.25, 0.3) is 0 Å². The topological polar surface area (TPSA) is 97.9 Å². The van der Waals surface area contributed by atoms with Gasteiger partial charge in [0.2, 0.25) is 0 Å². The number of epoxide rings is 2. The van der Waals surface area contributed by atoms with Crippen molar-refractivity contribution in [3.05, 3.63) is 60.3 Å². The molecular formula is C26H34O7. The molecule has 3 aliphatic rings. The quantitative estimate of drug-likeness (QED) is 0.174. The van der Waals surface area contributed by atoms with E-state index in [0.717, 1.165) is 18.9 Å². The molecule has 7 heteroatoms. The van der Waals surface area contributed by atoms with Crippen LogP contribution in [0.2, 0.25) is 0 Å². The molecule has 33 heavy (non-hydrogen) atoms. The van der Waals surface area contributed by atoms with Gasteiger partial charge in [0.05, 0.1) is 18.6 Å². The molecule has 1 aliphatic carbocycles. The zero-order chi connectivity index (χ0) is 24.1. The van der Waals surface area contributed by atoms with E-state index >= 15 is 0 Å². The summed E-state index contributed by atoms with van der Waals surface area (Å²) in [5, 5.41) is 8.51. The van der Waals surface area contributed by atoms with Crippen LogP contribution in [0.1, 0.15) is 40.0 Å². The fourth-order valence-electron chi connectivity index (χ4n) is 4.79. The zero-order valence-corrected chi connectivity index (χ0v) is 19.7. The SMILES string of the molecule is CO[C@@H]1[C@H](OC(=O)/C=C/C=C/C=C/C=C/C(=O)O)CC[C@]2(CO2)[C@H]1[C@]1(C)O[C@H]1CC=C(C)C. The number of aliphatic carboxylic acids is 1. The molecule has 0 aromatic carbocycles. The number of allylic oxidation sites excluding steroid dienone is 7. The van der Waals surface area contributed by atoms with Gasteiger partial charge in [0.1, 0.15) is 23.4 Å². The Hall–Kier alpha value is -2.48. The first kappa shape index (κ1) is 25.1. The van der Waals surface area contributed by atoms with Gasteiger partial charge in [-0.05, 0) is 40.0 Å². The van der Waals surface area contributed by atoms with Gasteiger partial charge in [0.15, 0.2) is 0 Å². The first-order chi connectivity index (χ1) is 15.7. The van der Waals surface area contributed by atoms with Crippen molar-refractivity contribution in [1.82, 2.24) is 0 Å². The van der Waals surface area contributed by atoms with Gasteiger partial charge in [0, 0.05) is 19.3 Å². The summed E-state index contributed by atoms with van der Waals surface area (Å²) in [6.07, 6.45) is 16.0. The minimum atomic E-state index is -1.00. The molecule has 1 N–H and O–H groups in total. The van der Waals surface area contributed by atoms with Crippen LogP contribution in [-0.2, 0) is 28.5 Å². The number of hydrogen-bond donors (Lipinski definition) is 1. The second kappa shape index (κ2) is 10.6. The van der Waals surface area contributed by atoms with Crippen molar-refractivity contribution < 1.29 is 33.6 Å². The molecule has 0 amide bonds. The molecule has 6 atom stereocenters. The van der Waals surface area contributed by atoms with Gasteiger partial charge in [-0.25, -0.2) is 9.59 Å². The summed E-state index contributed by atoms with van der Waals surface area (Å²) in [5.74, 6) is -1.45. The third-order valence-corrected chi connectivity index (χ3v) is 6.53. The van der Waals surface area contributed by atoms with Crippen LogP contribution in [0.4, 0.5) is 0 Å². The van der Waals surface area contributed by atoms with E-state index in [1.165, 1.54) is 17.7 Å². The lowest BCUT2D eigenvalue weighted by molar-refractivity contribution is -0.166. The molecule has 2 saturated heterocycles. The van der Waals surface area contributed by atoms with Crippen molar-refractivity contribution in [2.24, 2.45) is 5.92 Å². The number of methoxy groups -OCH3 is 1. The lowest BCUT2D eigenvalue weighted by atomic mass is 9.68. The summed E-state index contributed by atoms with van der Waals surface area (Å²) in [5.41, 5.74) is 0.642. The lowest BCUT2D eigenvalue weighted by Gasteiger charge is -2.42. The van der Waals surface area contributed by atoms with Crippen LogP contribution in [0.15, 0.2) is 60.3 Å². The molecule has 0 aromatic heterocycles. The molecule has 0 aromatic rings. The van der Waals surface area contributed by atoms with Gasteiger partial charge >= 0.3 is 11.9 Å². The maximum absolute atomic E-state index is 12.4. The third kappa shape index (κ3) is 6.31. The number of carbonyl (C=O) groups is 2. The van der Waals surface area contributed by atoms with E-state index in [-0.39, 0.29) is 35.4 Å².